The molecule has 4 heteroatoms. The number of carbonyl (C=O) groups is 1. The van der Waals surface area contributed by atoms with Crippen LogP contribution in [0.15, 0.2) is 0 Å². The second-order valence-corrected chi connectivity index (χ2v) is 7.24. The third-order valence-electron chi connectivity index (χ3n) is 5.64. The van der Waals surface area contributed by atoms with Crippen LogP contribution in [0, 0.1) is 5.92 Å². The van der Waals surface area contributed by atoms with Crippen molar-refractivity contribution in [2.24, 2.45) is 5.92 Å². The Kier molecular flexibility index (Phi) is 3.91. The summed E-state index contributed by atoms with van der Waals surface area (Å²) in [6, 6.07) is 0. The van der Waals surface area contributed by atoms with Crippen molar-refractivity contribution in [3.63, 3.8) is 0 Å². The highest BCUT2D eigenvalue weighted by Crippen LogP contribution is 2.45. The van der Waals surface area contributed by atoms with Crippen LogP contribution in [0.3, 0.4) is 0 Å². The highest BCUT2D eigenvalue weighted by atomic mass is 16.5. The van der Waals surface area contributed by atoms with E-state index in [4.69, 9.17) is 4.74 Å². The van der Waals surface area contributed by atoms with Gasteiger partial charge in [-0.05, 0) is 46.0 Å². The van der Waals surface area contributed by atoms with Crippen LogP contribution in [-0.4, -0.2) is 54.6 Å². The molecule has 3 aliphatic rings. The van der Waals surface area contributed by atoms with E-state index >= 15 is 0 Å². The van der Waals surface area contributed by atoms with Crippen LogP contribution < -0.4 is 5.32 Å². The van der Waals surface area contributed by atoms with Crippen molar-refractivity contribution >= 4 is 5.78 Å². The van der Waals surface area contributed by atoms with Gasteiger partial charge >= 0.3 is 0 Å². The topological polar surface area (TPSA) is 41.6 Å². The number of ether oxygens (including phenoxy) is 1. The number of piperazine rings is 1. The van der Waals surface area contributed by atoms with Gasteiger partial charge in [-0.25, -0.2) is 0 Å². The fourth-order valence-corrected chi connectivity index (χ4v) is 4.05. The highest BCUT2D eigenvalue weighted by molar-refractivity contribution is 5.89. The molecule has 1 saturated carbocycles. The van der Waals surface area contributed by atoms with Gasteiger partial charge < -0.3 is 10.1 Å². The predicted octanol–water partition coefficient (Wildman–Crippen LogP) is 1.59. The fourth-order valence-electron chi connectivity index (χ4n) is 4.05. The Hall–Kier alpha value is -0.450. The summed E-state index contributed by atoms with van der Waals surface area (Å²) in [5.74, 6) is 0.642. The Labute approximate surface area is 122 Å². The zero-order chi connectivity index (χ0) is 14.2. The van der Waals surface area contributed by atoms with Gasteiger partial charge in [0, 0.05) is 38.7 Å². The van der Waals surface area contributed by atoms with E-state index in [0.29, 0.717) is 5.78 Å². The van der Waals surface area contributed by atoms with Crippen LogP contribution in [0.2, 0.25) is 0 Å². The van der Waals surface area contributed by atoms with E-state index in [2.05, 4.69) is 24.1 Å². The van der Waals surface area contributed by atoms with Gasteiger partial charge in [-0.1, -0.05) is 0 Å². The number of ketones is 1. The largest absolute Gasteiger partial charge is 0.375 e. The Morgan fingerprint density at radius 1 is 1.30 bits per heavy atom. The molecular weight excluding hydrogens is 252 g/mol. The van der Waals surface area contributed by atoms with E-state index in [1.807, 2.05) is 0 Å². The molecule has 4 nitrogen and oxygen atoms in total. The average molecular weight is 280 g/mol. The van der Waals surface area contributed by atoms with Gasteiger partial charge in [-0.3, -0.25) is 9.69 Å². The summed E-state index contributed by atoms with van der Waals surface area (Å²) in [5, 5.41) is 3.36. The van der Waals surface area contributed by atoms with Crippen molar-refractivity contribution < 1.29 is 9.53 Å². The second-order valence-electron chi connectivity index (χ2n) is 7.24. The second kappa shape index (κ2) is 5.39. The van der Waals surface area contributed by atoms with Gasteiger partial charge in [0.05, 0.1) is 11.1 Å². The maximum Gasteiger partial charge on any atom is 0.155 e. The molecule has 1 aliphatic carbocycles. The molecule has 0 aromatic rings. The van der Waals surface area contributed by atoms with E-state index in [-0.39, 0.29) is 17.1 Å². The number of hydrogen-bond donors (Lipinski definition) is 1. The van der Waals surface area contributed by atoms with Crippen LogP contribution in [-0.2, 0) is 9.53 Å². The molecule has 2 aliphatic heterocycles. The summed E-state index contributed by atoms with van der Waals surface area (Å²) in [6.07, 6.45) is 5.45. The minimum absolute atomic E-state index is 0.0676. The molecule has 1 unspecified atom stereocenters. The number of rotatable bonds is 3. The number of nitrogens with zero attached hydrogens (tertiary/aromatic N) is 1. The third-order valence-corrected chi connectivity index (χ3v) is 5.64. The van der Waals surface area contributed by atoms with E-state index in [1.165, 1.54) is 6.42 Å². The maximum absolute atomic E-state index is 13.0. The van der Waals surface area contributed by atoms with Crippen LogP contribution in [0.25, 0.3) is 0 Å². The van der Waals surface area contributed by atoms with Crippen LogP contribution in [0.1, 0.15) is 46.0 Å². The highest BCUT2D eigenvalue weighted by Gasteiger charge is 2.47. The monoisotopic (exact) mass is 280 g/mol. The molecule has 3 fully saturated rings. The summed E-state index contributed by atoms with van der Waals surface area (Å²) in [6.45, 7) is 8.95. The van der Waals surface area contributed by atoms with Crippen LogP contribution in [0.5, 0.6) is 0 Å². The lowest BCUT2D eigenvalue weighted by atomic mass is 9.69. The van der Waals surface area contributed by atoms with Crippen molar-refractivity contribution in [3.8, 4) is 0 Å². The molecule has 2 heterocycles. The van der Waals surface area contributed by atoms with Crippen molar-refractivity contribution in [2.75, 3.05) is 32.8 Å². The zero-order valence-electron chi connectivity index (χ0n) is 12.9. The van der Waals surface area contributed by atoms with Crippen molar-refractivity contribution in [1.29, 1.82) is 0 Å². The molecule has 0 aromatic heterocycles. The summed E-state index contributed by atoms with van der Waals surface area (Å²) < 4.78 is 5.96. The van der Waals surface area contributed by atoms with Gasteiger partial charge in [0.15, 0.2) is 5.78 Å². The number of nitrogens with one attached hydrogen (secondary N) is 1. The molecule has 3 rings (SSSR count). The molecule has 0 bridgehead atoms. The first kappa shape index (κ1) is 14.5. The smallest absolute Gasteiger partial charge is 0.155 e. The Morgan fingerprint density at radius 3 is 2.60 bits per heavy atom. The number of hydrogen-bond acceptors (Lipinski definition) is 4. The normalized spacial score (nSPS) is 31.0. The predicted molar refractivity (Wildman–Crippen MR) is 78.8 cm³/mol. The lowest BCUT2D eigenvalue weighted by Crippen LogP contribution is -2.59. The average Bonchev–Trinajstić information content (AvgIpc) is 2.46. The van der Waals surface area contributed by atoms with Gasteiger partial charge in [0.2, 0.25) is 0 Å². The molecule has 2 saturated heterocycles. The summed E-state index contributed by atoms with van der Waals surface area (Å²) in [5.41, 5.74) is -0.257. The van der Waals surface area contributed by atoms with Gasteiger partial charge in [0.1, 0.15) is 0 Å². The van der Waals surface area contributed by atoms with Crippen LogP contribution in [0.4, 0.5) is 0 Å². The Bertz CT molecular complexity index is 371. The lowest BCUT2D eigenvalue weighted by Gasteiger charge is -2.49. The van der Waals surface area contributed by atoms with E-state index in [9.17, 15) is 4.79 Å². The maximum atomic E-state index is 13.0. The molecule has 1 spiro atoms. The third kappa shape index (κ3) is 2.53. The van der Waals surface area contributed by atoms with E-state index in [0.717, 1.165) is 58.5 Å². The Balaban J connectivity index is 1.67. The first-order valence-electron chi connectivity index (χ1n) is 8.18. The number of carbonyl (C=O) groups excluding carboxylic acids is 1. The van der Waals surface area contributed by atoms with Crippen molar-refractivity contribution in [2.45, 2.75) is 57.1 Å². The first-order chi connectivity index (χ1) is 9.54. The minimum Gasteiger partial charge on any atom is -0.375 e. The van der Waals surface area contributed by atoms with Crippen LogP contribution >= 0.6 is 0 Å². The zero-order valence-corrected chi connectivity index (χ0v) is 12.9. The van der Waals surface area contributed by atoms with Gasteiger partial charge in [-0.15, -0.1) is 0 Å². The van der Waals surface area contributed by atoms with Crippen molar-refractivity contribution in [1.82, 2.24) is 10.2 Å². The molecule has 0 radical (unpaired) electrons. The van der Waals surface area contributed by atoms with E-state index in [1.54, 1.807) is 0 Å². The molecule has 114 valence electrons. The molecule has 20 heavy (non-hydrogen) atoms. The molecule has 0 aromatic carbocycles. The number of Topliss-reactive ketones (excluding diaryl/α,β-unsaturated/α-hetero) is 1. The molecule has 1 N–H and O–H groups in total. The summed E-state index contributed by atoms with van der Waals surface area (Å²) in [7, 11) is 0. The first-order valence-corrected chi connectivity index (χ1v) is 8.18. The molecule has 0 amide bonds. The fraction of sp³-hybridized carbons (Fsp3) is 0.938. The summed E-state index contributed by atoms with van der Waals surface area (Å²) in [4.78, 5) is 15.4. The van der Waals surface area contributed by atoms with Gasteiger partial charge in [0.25, 0.3) is 0 Å². The molecule has 1 atom stereocenters. The standard InChI is InChI=1S/C16H28N2O2/c1-15(2,18-9-7-17-8-10-18)14(19)13-4-11-20-16(12-13)5-3-6-16/h13,17H,3-12H2,1-2H3. The SMILES string of the molecule is CC(C)(C(=O)C1CCOC2(CCC2)C1)N1CCNCC1. The Morgan fingerprint density at radius 2 is 2.00 bits per heavy atom. The van der Waals surface area contributed by atoms with E-state index < -0.39 is 0 Å². The van der Waals surface area contributed by atoms with Gasteiger partial charge in [-0.2, -0.15) is 0 Å². The lowest BCUT2D eigenvalue weighted by molar-refractivity contribution is -0.161. The summed E-state index contributed by atoms with van der Waals surface area (Å²) >= 11 is 0. The quantitative estimate of drug-likeness (QED) is 0.852. The van der Waals surface area contributed by atoms with Crippen molar-refractivity contribution in [3.05, 3.63) is 0 Å². The minimum atomic E-state index is -0.324. The molecular formula is C16H28N2O2.